The first kappa shape index (κ1) is 12.0. The number of nitrogens with one attached hydrogen (secondary N) is 1. The maximum absolute atomic E-state index is 11.0. The molecule has 0 fully saturated rings. The molecule has 5 heteroatoms. The fraction of sp³-hybridized carbons (Fsp3) is 0.400. The van der Waals surface area contributed by atoms with E-state index in [9.17, 15) is 8.42 Å². The van der Waals surface area contributed by atoms with Gasteiger partial charge < -0.3 is 5.32 Å². The quantitative estimate of drug-likeness (QED) is 0.751. The van der Waals surface area contributed by atoms with Gasteiger partial charge in [0.15, 0.2) is 0 Å². The largest absolute Gasteiger partial charge is 0.385 e. The third-order valence-electron chi connectivity index (χ3n) is 2.04. The number of hydrogen-bond donors (Lipinski definition) is 2. The number of primary sulfonamides is 1. The number of benzene rings is 1. The molecule has 0 unspecified atom stereocenters. The van der Waals surface area contributed by atoms with Crippen LogP contribution in [0.4, 0.5) is 5.69 Å². The normalized spacial score (nSPS) is 11.3. The Morgan fingerprint density at radius 2 is 1.87 bits per heavy atom. The zero-order valence-electron chi connectivity index (χ0n) is 8.73. The summed E-state index contributed by atoms with van der Waals surface area (Å²) in [7, 11) is -3.57. The van der Waals surface area contributed by atoms with E-state index in [1.54, 1.807) is 12.1 Å². The van der Waals surface area contributed by atoms with Crippen molar-refractivity contribution < 1.29 is 8.42 Å². The molecule has 0 radical (unpaired) electrons. The van der Waals surface area contributed by atoms with Gasteiger partial charge in [-0.3, -0.25) is 0 Å². The molecule has 0 spiro atoms. The van der Waals surface area contributed by atoms with Gasteiger partial charge in [0.05, 0.1) is 4.90 Å². The summed E-state index contributed by atoms with van der Waals surface area (Å²) in [5.74, 6) is 0. The maximum Gasteiger partial charge on any atom is 0.238 e. The van der Waals surface area contributed by atoms with Crippen LogP contribution in [0, 0.1) is 0 Å². The van der Waals surface area contributed by atoms with Crippen LogP contribution in [0.15, 0.2) is 29.2 Å². The minimum Gasteiger partial charge on any atom is -0.385 e. The molecule has 0 bridgehead atoms. The van der Waals surface area contributed by atoms with Crippen molar-refractivity contribution in [1.29, 1.82) is 0 Å². The lowest BCUT2D eigenvalue weighted by Crippen LogP contribution is -2.12. The van der Waals surface area contributed by atoms with E-state index in [0.717, 1.165) is 25.1 Å². The highest BCUT2D eigenvalue weighted by Gasteiger charge is 2.05. The Labute approximate surface area is 90.5 Å². The molecular formula is C10H16N2O2S. The summed E-state index contributed by atoms with van der Waals surface area (Å²) >= 11 is 0. The Bertz CT molecular complexity index is 398. The molecule has 3 N–H and O–H groups in total. The van der Waals surface area contributed by atoms with Crippen LogP contribution >= 0.6 is 0 Å². The van der Waals surface area contributed by atoms with Crippen molar-refractivity contribution in [1.82, 2.24) is 0 Å². The molecule has 15 heavy (non-hydrogen) atoms. The summed E-state index contributed by atoms with van der Waals surface area (Å²) in [6, 6.07) is 6.44. The van der Waals surface area contributed by atoms with Crippen LogP contribution in [0.1, 0.15) is 19.8 Å². The van der Waals surface area contributed by atoms with Crippen molar-refractivity contribution in [2.24, 2.45) is 5.14 Å². The predicted octanol–water partition coefficient (Wildman–Crippen LogP) is 1.55. The number of nitrogens with two attached hydrogens (primary N) is 1. The van der Waals surface area contributed by atoms with Crippen LogP contribution in [0.3, 0.4) is 0 Å². The molecule has 1 aromatic rings. The van der Waals surface area contributed by atoms with Gasteiger partial charge in [-0.05, 0) is 30.7 Å². The zero-order valence-corrected chi connectivity index (χ0v) is 9.55. The highest BCUT2D eigenvalue weighted by atomic mass is 32.2. The van der Waals surface area contributed by atoms with Crippen LogP contribution in [0.5, 0.6) is 0 Å². The molecule has 0 aromatic heterocycles. The fourth-order valence-electron chi connectivity index (χ4n) is 1.17. The van der Waals surface area contributed by atoms with E-state index in [1.165, 1.54) is 12.1 Å². The van der Waals surface area contributed by atoms with E-state index < -0.39 is 10.0 Å². The lowest BCUT2D eigenvalue weighted by atomic mass is 10.3. The zero-order chi connectivity index (χ0) is 11.3. The average molecular weight is 228 g/mol. The molecule has 1 aromatic carbocycles. The molecule has 4 nitrogen and oxygen atoms in total. The molecule has 0 amide bonds. The summed E-state index contributed by atoms with van der Waals surface area (Å²) in [5, 5.41) is 8.17. The second kappa shape index (κ2) is 5.14. The minimum absolute atomic E-state index is 0.142. The third kappa shape index (κ3) is 3.89. The summed E-state index contributed by atoms with van der Waals surface area (Å²) < 4.78 is 21.9. The van der Waals surface area contributed by atoms with Gasteiger partial charge in [-0.25, -0.2) is 13.6 Å². The van der Waals surface area contributed by atoms with Gasteiger partial charge in [0.2, 0.25) is 10.0 Å². The van der Waals surface area contributed by atoms with Gasteiger partial charge in [-0.2, -0.15) is 0 Å². The Morgan fingerprint density at radius 3 is 2.33 bits per heavy atom. The van der Waals surface area contributed by atoms with Crippen LogP contribution in [0.25, 0.3) is 0 Å². The molecular weight excluding hydrogens is 212 g/mol. The molecule has 0 saturated carbocycles. The second-order valence-electron chi connectivity index (χ2n) is 3.35. The minimum atomic E-state index is -3.57. The molecule has 0 heterocycles. The van der Waals surface area contributed by atoms with Crippen LogP contribution in [-0.4, -0.2) is 15.0 Å². The fourth-order valence-corrected chi connectivity index (χ4v) is 1.69. The standard InChI is InChI=1S/C10H16N2O2S/c1-2-3-8-12-9-4-6-10(7-5-9)15(11,13)14/h4-7,12H,2-3,8H2,1H3,(H2,11,13,14). The Kier molecular flexibility index (Phi) is 4.11. The van der Waals surface area contributed by atoms with E-state index in [1.807, 2.05) is 0 Å². The summed E-state index contributed by atoms with van der Waals surface area (Å²) in [6.45, 7) is 3.01. The molecule has 0 atom stereocenters. The molecule has 84 valence electrons. The molecule has 0 aliphatic carbocycles. The maximum atomic E-state index is 11.0. The highest BCUT2D eigenvalue weighted by molar-refractivity contribution is 7.89. The van der Waals surface area contributed by atoms with Crippen LogP contribution < -0.4 is 10.5 Å². The van der Waals surface area contributed by atoms with Gasteiger partial charge in [0.25, 0.3) is 0 Å². The smallest absolute Gasteiger partial charge is 0.238 e. The summed E-state index contributed by atoms with van der Waals surface area (Å²) in [6.07, 6.45) is 2.22. The topological polar surface area (TPSA) is 72.2 Å². The van der Waals surface area contributed by atoms with E-state index in [4.69, 9.17) is 5.14 Å². The van der Waals surface area contributed by atoms with Gasteiger partial charge in [0.1, 0.15) is 0 Å². The molecule has 0 saturated heterocycles. The van der Waals surface area contributed by atoms with Gasteiger partial charge in [-0.1, -0.05) is 13.3 Å². The number of sulfonamides is 1. The van der Waals surface area contributed by atoms with E-state index in [-0.39, 0.29) is 4.90 Å². The van der Waals surface area contributed by atoms with Crippen molar-refractivity contribution in [3.63, 3.8) is 0 Å². The number of unbranched alkanes of at least 4 members (excludes halogenated alkanes) is 1. The number of anilines is 1. The molecule has 0 aliphatic rings. The van der Waals surface area contributed by atoms with E-state index >= 15 is 0 Å². The Morgan fingerprint density at radius 1 is 1.27 bits per heavy atom. The first-order valence-corrected chi connectivity index (χ1v) is 6.45. The number of rotatable bonds is 5. The average Bonchev–Trinajstić information content (AvgIpc) is 2.18. The highest BCUT2D eigenvalue weighted by Crippen LogP contribution is 2.12. The molecule has 0 aliphatic heterocycles. The van der Waals surface area contributed by atoms with Gasteiger partial charge >= 0.3 is 0 Å². The lowest BCUT2D eigenvalue weighted by Gasteiger charge is -2.05. The Hall–Kier alpha value is -1.07. The van der Waals surface area contributed by atoms with Crippen molar-refractivity contribution in [3.8, 4) is 0 Å². The predicted molar refractivity (Wildman–Crippen MR) is 61.2 cm³/mol. The first-order chi connectivity index (χ1) is 7.04. The monoisotopic (exact) mass is 228 g/mol. The van der Waals surface area contributed by atoms with Crippen LogP contribution in [0.2, 0.25) is 0 Å². The summed E-state index contributed by atoms with van der Waals surface area (Å²) in [4.78, 5) is 0.142. The SMILES string of the molecule is CCCCNc1ccc(S(N)(=O)=O)cc1. The lowest BCUT2D eigenvalue weighted by molar-refractivity contribution is 0.598. The van der Waals surface area contributed by atoms with Crippen molar-refractivity contribution in [3.05, 3.63) is 24.3 Å². The van der Waals surface area contributed by atoms with Crippen molar-refractivity contribution in [2.75, 3.05) is 11.9 Å². The van der Waals surface area contributed by atoms with Gasteiger partial charge in [0, 0.05) is 12.2 Å². The summed E-state index contributed by atoms with van der Waals surface area (Å²) in [5.41, 5.74) is 0.913. The van der Waals surface area contributed by atoms with Crippen molar-refractivity contribution >= 4 is 15.7 Å². The van der Waals surface area contributed by atoms with Crippen LogP contribution in [-0.2, 0) is 10.0 Å². The third-order valence-corrected chi connectivity index (χ3v) is 2.97. The van der Waals surface area contributed by atoms with Crippen molar-refractivity contribution in [2.45, 2.75) is 24.7 Å². The Balaban J connectivity index is 2.65. The van der Waals surface area contributed by atoms with Gasteiger partial charge in [-0.15, -0.1) is 0 Å². The second-order valence-corrected chi connectivity index (χ2v) is 4.91. The number of hydrogen-bond acceptors (Lipinski definition) is 3. The molecule has 1 rings (SSSR count). The van der Waals surface area contributed by atoms with E-state index in [0.29, 0.717) is 0 Å². The first-order valence-electron chi connectivity index (χ1n) is 4.91. The van der Waals surface area contributed by atoms with E-state index in [2.05, 4.69) is 12.2 Å².